The van der Waals surface area contributed by atoms with Crippen molar-refractivity contribution in [3.8, 4) is 0 Å². The molecule has 0 saturated carbocycles. The van der Waals surface area contributed by atoms with Crippen LogP contribution in [0.3, 0.4) is 0 Å². The highest BCUT2D eigenvalue weighted by molar-refractivity contribution is 6.00. The molecule has 1 amide bonds. The second-order valence-corrected chi connectivity index (χ2v) is 6.75. The Balaban J connectivity index is 1.83. The summed E-state index contributed by atoms with van der Waals surface area (Å²) >= 11 is 0. The summed E-state index contributed by atoms with van der Waals surface area (Å²) in [5, 5.41) is 0. The molecule has 6 nitrogen and oxygen atoms in total. The lowest BCUT2D eigenvalue weighted by atomic mass is 10.1. The van der Waals surface area contributed by atoms with E-state index in [9.17, 15) is 9.59 Å². The van der Waals surface area contributed by atoms with Crippen molar-refractivity contribution in [2.24, 2.45) is 0 Å². The number of para-hydroxylation sites is 2. The predicted octanol–water partition coefficient (Wildman–Crippen LogP) is 4.41. The molecule has 3 rings (SSSR count). The van der Waals surface area contributed by atoms with E-state index in [0.717, 1.165) is 11.4 Å². The highest BCUT2D eigenvalue weighted by Gasteiger charge is 2.21. The van der Waals surface area contributed by atoms with Crippen molar-refractivity contribution in [1.29, 1.82) is 0 Å². The first-order valence-corrected chi connectivity index (χ1v) is 9.23. The number of aryl methyl sites for hydroxylation is 1. The van der Waals surface area contributed by atoms with Crippen LogP contribution in [0.25, 0.3) is 0 Å². The van der Waals surface area contributed by atoms with Crippen molar-refractivity contribution in [2.45, 2.75) is 13.5 Å². The van der Waals surface area contributed by atoms with E-state index in [2.05, 4.69) is 0 Å². The molecule has 0 saturated heterocycles. The summed E-state index contributed by atoms with van der Waals surface area (Å²) in [6.07, 6.45) is 0. The lowest BCUT2D eigenvalue weighted by molar-refractivity contribution is 0.0598. The molecule has 29 heavy (non-hydrogen) atoms. The molecule has 0 fully saturated rings. The van der Waals surface area contributed by atoms with Gasteiger partial charge in [0.2, 0.25) is 0 Å². The monoisotopic (exact) mass is 392 g/mol. The van der Waals surface area contributed by atoms with Gasteiger partial charge in [0.15, 0.2) is 0 Å². The Hall–Kier alpha value is -3.54. The topological polar surface area (TPSA) is 63.0 Å². The number of hydrogen-bond acceptors (Lipinski definition) is 5. The van der Waals surface area contributed by atoms with E-state index in [1.54, 1.807) is 31.0 Å². The van der Waals surface area contributed by atoms with Crippen LogP contribution in [-0.4, -0.2) is 38.0 Å². The summed E-state index contributed by atoms with van der Waals surface area (Å²) in [5.74, 6) is 0.392. The number of furan rings is 1. The van der Waals surface area contributed by atoms with Gasteiger partial charge in [-0.25, -0.2) is 4.79 Å². The molecule has 0 bridgehead atoms. The molecule has 2 aromatic carbocycles. The van der Waals surface area contributed by atoms with Gasteiger partial charge in [-0.05, 0) is 37.3 Å². The van der Waals surface area contributed by atoms with Crippen LogP contribution >= 0.6 is 0 Å². The van der Waals surface area contributed by atoms with E-state index < -0.39 is 5.97 Å². The largest absolute Gasteiger partial charge is 0.465 e. The zero-order valence-corrected chi connectivity index (χ0v) is 17.0. The zero-order valence-electron chi connectivity index (χ0n) is 17.0. The van der Waals surface area contributed by atoms with Gasteiger partial charge in [-0.15, -0.1) is 0 Å². The summed E-state index contributed by atoms with van der Waals surface area (Å²) < 4.78 is 10.4. The number of amides is 1. The SMILES string of the molecule is COC(=O)c1cc(CN(C)C(=O)c2ccccc2N(C)c2ccccc2)oc1C. The quantitative estimate of drug-likeness (QED) is 0.581. The minimum Gasteiger partial charge on any atom is -0.465 e. The fourth-order valence-corrected chi connectivity index (χ4v) is 3.18. The van der Waals surface area contributed by atoms with Crippen molar-refractivity contribution in [3.63, 3.8) is 0 Å². The Morgan fingerprint density at radius 3 is 2.31 bits per heavy atom. The van der Waals surface area contributed by atoms with E-state index in [1.165, 1.54) is 7.11 Å². The van der Waals surface area contributed by atoms with Gasteiger partial charge in [0.05, 0.1) is 24.9 Å². The van der Waals surface area contributed by atoms with Crippen molar-refractivity contribution in [1.82, 2.24) is 4.90 Å². The molecular weight excluding hydrogens is 368 g/mol. The fraction of sp³-hybridized carbons (Fsp3) is 0.217. The second kappa shape index (κ2) is 8.65. The first-order valence-electron chi connectivity index (χ1n) is 9.23. The minimum absolute atomic E-state index is 0.142. The fourth-order valence-electron chi connectivity index (χ4n) is 3.18. The van der Waals surface area contributed by atoms with Crippen LogP contribution in [0.5, 0.6) is 0 Å². The summed E-state index contributed by atoms with van der Waals surface area (Å²) in [6.45, 7) is 1.93. The van der Waals surface area contributed by atoms with Gasteiger partial charge < -0.3 is 19.0 Å². The number of hydrogen-bond donors (Lipinski definition) is 0. The Morgan fingerprint density at radius 2 is 1.62 bits per heavy atom. The number of carbonyl (C=O) groups excluding carboxylic acids is 2. The van der Waals surface area contributed by atoms with Gasteiger partial charge in [-0.2, -0.15) is 0 Å². The molecule has 0 N–H and O–H groups in total. The van der Waals surface area contributed by atoms with Crippen LogP contribution in [0.1, 0.15) is 32.2 Å². The molecule has 6 heteroatoms. The average molecular weight is 392 g/mol. The third-order valence-electron chi connectivity index (χ3n) is 4.75. The Labute approximate surface area is 170 Å². The van der Waals surface area contributed by atoms with E-state index in [0.29, 0.717) is 22.6 Å². The molecule has 0 aliphatic rings. The third kappa shape index (κ3) is 4.32. The summed E-state index contributed by atoms with van der Waals surface area (Å²) in [6, 6.07) is 18.9. The van der Waals surface area contributed by atoms with Crippen molar-refractivity contribution in [3.05, 3.63) is 83.3 Å². The van der Waals surface area contributed by atoms with Crippen LogP contribution < -0.4 is 4.90 Å². The van der Waals surface area contributed by atoms with Gasteiger partial charge in [0.1, 0.15) is 17.1 Å². The van der Waals surface area contributed by atoms with Crippen molar-refractivity contribution in [2.75, 3.05) is 26.1 Å². The Morgan fingerprint density at radius 1 is 0.966 bits per heavy atom. The third-order valence-corrected chi connectivity index (χ3v) is 4.75. The van der Waals surface area contributed by atoms with Gasteiger partial charge in [0, 0.05) is 19.8 Å². The number of anilines is 2. The Kier molecular flexibility index (Phi) is 6.02. The van der Waals surface area contributed by atoms with Crippen LogP contribution in [-0.2, 0) is 11.3 Å². The minimum atomic E-state index is -0.457. The maximum atomic E-state index is 13.2. The van der Waals surface area contributed by atoms with E-state index in [1.807, 2.05) is 60.5 Å². The molecular formula is C23H24N2O4. The zero-order chi connectivity index (χ0) is 21.0. The summed E-state index contributed by atoms with van der Waals surface area (Å²) in [7, 11) is 4.96. The number of ether oxygens (including phenoxy) is 1. The van der Waals surface area contributed by atoms with Crippen molar-refractivity contribution >= 4 is 23.3 Å². The number of carbonyl (C=O) groups is 2. The molecule has 150 valence electrons. The van der Waals surface area contributed by atoms with Gasteiger partial charge in [0.25, 0.3) is 5.91 Å². The predicted molar refractivity (Wildman–Crippen MR) is 112 cm³/mol. The van der Waals surface area contributed by atoms with Crippen LogP contribution in [0, 0.1) is 6.92 Å². The second-order valence-electron chi connectivity index (χ2n) is 6.75. The van der Waals surface area contributed by atoms with Gasteiger partial charge in [-0.1, -0.05) is 30.3 Å². The number of esters is 1. The molecule has 0 aliphatic carbocycles. The normalized spacial score (nSPS) is 10.5. The van der Waals surface area contributed by atoms with Gasteiger partial charge >= 0.3 is 5.97 Å². The number of rotatable bonds is 6. The molecule has 1 heterocycles. The lowest BCUT2D eigenvalue weighted by Gasteiger charge is -2.24. The van der Waals surface area contributed by atoms with Crippen LogP contribution in [0.2, 0.25) is 0 Å². The van der Waals surface area contributed by atoms with Gasteiger partial charge in [-0.3, -0.25) is 4.79 Å². The van der Waals surface area contributed by atoms with E-state index in [-0.39, 0.29) is 12.5 Å². The van der Waals surface area contributed by atoms with E-state index in [4.69, 9.17) is 9.15 Å². The van der Waals surface area contributed by atoms with Crippen LogP contribution in [0.15, 0.2) is 65.1 Å². The van der Waals surface area contributed by atoms with E-state index >= 15 is 0 Å². The maximum absolute atomic E-state index is 13.2. The lowest BCUT2D eigenvalue weighted by Crippen LogP contribution is -2.27. The number of nitrogens with zero attached hydrogens (tertiary/aromatic N) is 2. The molecule has 1 aromatic heterocycles. The highest BCUT2D eigenvalue weighted by atomic mass is 16.5. The molecule has 0 unspecified atom stereocenters. The first kappa shape index (κ1) is 20.2. The van der Waals surface area contributed by atoms with Crippen LogP contribution in [0.4, 0.5) is 11.4 Å². The molecule has 0 spiro atoms. The molecule has 3 aromatic rings. The maximum Gasteiger partial charge on any atom is 0.341 e. The Bertz CT molecular complexity index is 1010. The number of methoxy groups -OCH3 is 1. The summed E-state index contributed by atoms with van der Waals surface area (Å²) in [5.41, 5.74) is 2.74. The molecule has 0 radical (unpaired) electrons. The summed E-state index contributed by atoms with van der Waals surface area (Å²) in [4.78, 5) is 28.5. The average Bonchev–Trinajstić information content (AvgIpc) is 3.12. The highest BCUT2D eigenvalue weighted by Crippen LogP contribution is 2.28. The molecule has 0 atom stereocenters. The number of benzene rings is 2. The smallest absolute Gasteiger partial charge is 0.341 e. The molecule has 0 aliphatic heterocycles. The first-order chi connectivity index (χ1) is 13.9. The van der Waals surface area contributed by atoms with Crippen molar-refractivity contribution < 1.29 is 18.7 Å². The standard InChI is InChI=1S/C23H24N2O4/c1-16-20(23(27)28-4)14-18(29-16)15-24(2)22(26)19-12-8-9-13-21(19)25(3)17-10-6-5-7-11-17/h5-14H,15H2,1-4H3.